The molecule has 3 aromatic rings. The second-order valence-electron chi connectivity index (χ2n) is 6.64. The summed E-state index contributed by atoms with van der Waals surface area (Å²) >= 11 is 1.34. The van der Waals surface area contributed by atoms with Crippen molar-refractivity contribution in [1.82, 2.24) is 4.90 Å². The van der Waals surface area contributed by atoms with Crippen molar-refractivity contribution in [2.45, 2.75) is 6.54 Å². The van der Waals surface area contributed by atoms with Crippen molar-refractivity contribution < 1.29 is 14.7 Å². The van der Waals surface area contributed by atoms with E-state index in [2.05, 4.69) is 4.99 Å². The molecule has 5 nitrogen and oxygen atoms in total. The predicted molar refractivity (Wildman–Crippen MR) is 119 cm³/mol. The number of para-hydroxylation sites is 1. The number of aromatic carboxylic acids is 1. The van der Waals surface area contributed by atoms with Crippen molar-refractivity contribution >= 4 is 40.6 Å². The largest absolute Gasteiger partial charge is 0.478 e. The number of hydrogen-bond acceptors (Lipinski definition) is 4. The first-order valence-electron chi connectivity index (χ1n) is 9.32. The molecule has 148 valence electrons. The van der Waals surface area contributed by atoms with Gasteiger partial charge >= 0.3 is 5.97 Å². The quantitative estimate of drug-likeness (QED) is 0.584. The Morgan fingerprint density at radius 3 is 2.20 bits per heavy atom. The van der Waals surface area contributed by atoms with Gasteiger partial charge in [-0.15, -0.1) is 0 Å². The molecule has 0 saturated carbocycles. The van der Waals surface area contributed by atoms with Gasteiger partial charge in [-0.05, 0) is 53.2 Å². The minimum atomic E-state index is -0.978. The summed E-state index contributed by atoms with van der Waals surface area (Å²) in [6.07, 6.45) is 1.86. The van der Waals surface area contributed by atoms with Crippen molar-refractivity contribution in [1.29, 1.82) is 0 Å². The van der Waals surface area contributed by atoms with Crippen LogP contribution < -0.4 is 0 Å². The summed E-state index contributed by atoms with van der Waals surface area (Å²) < 4.78 is 0. The van der Waals surface area contributed by atoms with E-state index in [1.165, 1.54) is 11.8 Å². The Morgan fingerprint density at radius 2 is 1.57 bits per heavy atom. The standard InChI is InChI=1S/C24H18N2O3S/c27-22-21(15-17-7-3-1-4-8-17)30-24(25-20-9-5-2-6-10-20)26(22)16-18-11-13-19(14-12-18)23(28)29/h1-15H,16H2,(H,28,29). The van der Waals surface area contributed by atoms with E-state index in [4.69, 9.17) is 5.11 Å². The van der Waals surface area contributed by atoms with Crippen molar-refractivity contribution in [3.8, 4) is 0 Å². The zero-order chi connectivity index (χ0) is 20.9. The van der Waals surface area contributed by atoms with Crippen molar-refractivity contribution in [2.24, 2.45) is 4.99 Å². The van der Waals surface area contributed by atoms with Gasteiger partial charge < -0.3 is 5.11 Å². The average Bonchev–Trinajstić information content (AvgIpc) is 3.04. The lowest BCUT2D eigenvalue weighted by molar-refractivity contribution is -0.122. The number of hydrogen-bond donors (Lipinski definition) is 1. The van der Waals surface area contributed by atoms with Gasteiger partial charge in [0.05, 0.1) is 22.7 Å². The first-order chi connectivity index (χ1) is 14.6. The maximum absolute atomic E-state index is 13.2. The summed E-state index contributed by atoms with van der Waals surface area (Å²) in [6, 6.07) is 25.7. The molecule has 30 heavy (non-hydrogen) atoms. The number of carbonyl (C=O) groups excluding carboxylic acids is 1. The summed E-state index contributed by atoms with van der Waals surface area (Å²) in [6.45, 7) is 0.309. The normalized spacial score (nSPS) is 16.4. The van der Waals surface area contributed by atoms with Gasteiger partial charge in [-0.25, -0.2) is 9.79 Å². The number of rotatable bonds is 5. The minimum Gasteiger partial charge on any atom is -0.478 e. The van der Waals surface area contributed by atoms with Crippen LogP contribution in [0.4, 0.5) is 5.69 Å². The van der Waals surface area contributed by atoms with Crippen LogP contribution in [0.2, 0.25) is 0 Å². The summed E-state index contributed by atoms with van der Waals surface area (Å²) in [4.78, 5) is 31.1. The van der Waals surface area contributed by atoms with Crippen LogP contribution in [0.1, 0.15) is 21.5 Å². The zero-order valence-corrected chi connectivity index (χ0v) is 16.8. The summed E-state index contributed by atoms with van der Waals surface area (Å²) in [5.74, 6) is -1.10. The molecule has 6 heteroatoms. The van der Waals surface area contributed by atoms with Gasteiger partial charge in [0.1, 0.15) is 0 Å². The molecule has 1 aliphatic heterocycles. The highest BCUT2D eigenvalue weighted by molar-refractivity contribution is 8.18. The molecular weight excluding hydrogens is 396 g/mol. The molecule has 0 bridgehead atoms. The number of benzene rings is 3. The Labute approximate surface area is 178 Å². The highest BCUT2D eigenvalue weighted by atomic mass is 32.2. The number of thioether (sulfide) groups is 1. The molecule has 0 aromatic heterocycles. The lowest BCUT2D eigenvalue weighted by Crippen LogP contribution is -2.28. The minimum absolute atomic E-state index is 0.124. The van der Waals surface area contributed by atoms with E-state index in [0.717, 1.165) is 16.8 Å². The van der Waals surface area contributed by atoms with Crippen LogP contribution in [0.25, 0.3) is 6.08 Å². The third-order valence-corrected chi connectivity index (χ3v) is 5.51. The number of nitrogens with zero attached hydrogens (tertiary/aromatic N) is 2. The Kier molecular flexibility index (Phi) is 5.77. The van der Waals surface area contributed by atoms with Crippen LogP contribution in [0, 0.1) is 0 Å². The molecule has 1 saturated heterocycles. The first kappa shape index (κ1) is 19.7. The molecule has 0 spiro atoms. The number of carboxylic acids is 1. The molecule has 1 aliphatic rings. The summed E-state index contributed by atoms with van der Waals surface area (Å²) in [7, 11) is 0. The Hall–Kier alpha value is -3.64. The predicted octanol–water partition coefficient (Wildman–Crippen LogP) is 5.19. The monoisotopic (exact) mass is 414 g/mol. The lowest BCUT2D eigenvalue weighted by Gasteiger charge is -2.16. The molecule has 1 N–H and O–H groups in total. The first-order valence-corrected chi connectivity index (χ1v) is 10.1. The average molecular weight is 414 g/mol. The fourth-order valence-corrected chi connectivity index (χ4v) is 3.98. The summed E-state index contributed by atoms with van der Waals surface area (Å²) in [5, 5.41) is 9.68. The fraction of sp³-hybridized carbons (Fsp3) is 0.0417. The number of amidine groups is 1. The van der Waals surface area contributed by atoms with E-state index in [9.17, 15) is 9.59 Å². The number of carbonyl (C=O) groups is 2. The van der Waals surface area contributed by atoms with E-state index >= 15 is 0 Å². The number of carboxylic acid groups (broad SMARTS) is 1. The van der Waals surface area contributed by atoms with Crippen LogP contribution in [-0.2, 0) is 11.3 Å². The van der Waals surface area contributed by atoms with Crippen molar-refractivity contribution in [3.63, 3.8) is 0 Å². The van der Waals surface area contributed by atoms with Gasteiger partial charge in [-0.1, -0.05) is 60.7 Å². The lowest BCUT2D eigenvalue weighted by atomic mass is 10.1. The van der Waals surface area contributed by atoms with E-state index in [0.29, 0.717) is 16.6 Å². The molecule has 3 aromatic carbocycles. The van der Waals surface area contributed by atoms with Crippen molar-refractivity contribution in [3.05, 3.63) is 107 Å². The third kappa shape index (κ3) is 4.50. The second kappa shape index (κ2) is 8.80. The molecule has 1 heterocycles. The molecule has 0 unspecified atom stereocenters. The van der Waals surface area contributed by atoms with E-state index in [1.54, 1.807) is 29.2 Å². The maximum Gasteiger partial charge on any atom is 0.335 e. The Balaban J connectivity index is 1.67. The molecule has 0 atom stereocenters. The smallest absolute Gasteiger partial charge is 0.335 e. The van der Waals surface area contributed by atoms with Crippen LogP contribution in [-0.4, -0.2) is 27.1 Å². The SMILES string of the molecule is O=C(O)c1ccc(CN2C(=O)C(=Cc3ccccc3)SC2=Nc2ccccc2)cc1. The van der Waals surface area contributed by atoms with E-state index in [-0.39, 0.29) is 11.5 Å². The molecule has 1 fully saturated rings. The van der Waals surface area contributed by atoms with Gasteiger partial charge in [0.2, 0.25) is 0 Å². The summed E-state index contributed by atoms with van der Waals surface area (Å²) in [5.41, 5.74) is 2.75. The van der Waals surface area contributed by atoms with E-state index < -0.39 is 5.97 Å². The molecule has 0 radical (unpaired) electrons. The van der Waals surface area contributed by atoms with E-state index in [1.807, 2.05) is 66.7 Å². The van der Waals surface area contributed by atoms with Crippen LogP contribution in [0.15, 0.2) is 94.8 Å². The molecule has 4 rings (SSSR count). The van der Waals surface area contributed by atoms with Crippen LogP contribution in [0.5, 0.6) is 0 Å². The maximum atomic E-state index is 13.2. The highest BCUT2D eigenvalue weighted by Crippen LogP contribution is 2.35. The molecule has 1 amide bonds. The van der Waals surface area contributed by atoms with Crippen LogP contribution >= 0.6 is 11.8 Å². The number of amides is 1. The van der Waals surface area contributed by atoms with Gasteiger partial charge in [-0.3, -0.25) is 9.69 Å². The molecule has 0 aliphatic carbocycles. The third-order valence-electron chi connectivity index (χ3n) is 4.51. The Morgan fingerprint density at radius 1 is 0.933 bits per heavy atom. The van der Waals surface area contributed by atoms with Gasteiger partial charge in [0.15, 0.2) is 5.17 Å². The molecular formula is C24H18N2O3S. The van der Waals surface area contributed by atoms with Gasteiger partial charge in [-0.2, -0.15) is 0 Å². The second-order valence-corrected chi connectivity index (χ2v) is 7.65. The highest BCUT2D eigenvalue weighted by Gasteiger charge is 2.33. The van der Waals surface area contributed by atoms with Crippen molar-refractivity contribution in [2.75, 3.05) is 0 Å². The fourth-order valence-electron chi connectivity index (χ4n) is 2.98. The topological polar surface area (TPSA) is 70.0 Å². The van der Waals surface area contributed by atoms with Gasteiger partial charge in [0.25, 0.3) is 5.91 Å². The Bertz CT molecular complexity index is 1120. The van der Waals surface area contributed by atoms with Gasteiger partial charge in [0, 0.05) is 0 Å². The number of aliphatic imine (C=N–C) groups is 1. The van der Waals surface area contributed by atoms with Crippen LogP contribution in [0.3, 0.4) is 0 Å². The zero-order valence-electron chi connectivity index (χ0n) is 15.9.